The normalized spacial score (nSPS) is 14.5. The molecule has 1 aromatic rings. The van der Waals surface area contributed by atoms with Crippen LogP contribution in [0.25, 0.3) is 0 Å². The molecule has 2 amide bonds. The Morgan fingerprint density at radius 3 is 2.42 bits per heavy atom. The molecule has 0 bridgehead atoms. The number of hydrogen-bond donors (Lipinski definition) is 2. The van der Waals surface area contributed by atoms with Gasteiger partial charge in [0.05, 0.1) is 11.1 Å². The van der Waals surface area contributed by atoms with Crippen LogP contribution in [0.4, 0.5) is 5.69 Å². The Hall–Kier alpha value is -2.04. The molecule has 1 heterocycles. The van der Waals surface area contributed by atoms with E-state index in [1.807, 2.05) is 13.0 Å². The number of nitrogens with two attached hydrogens (primary N) is 1. The average Bonchev–Trinajstić information content (AvgIpc) is 2.90. The van der Waals surface area contributed by atoms with Crippen LogP contribution in [0.5, 0.6) is 0 Å². The fourth-order valence-electron chi connectivity index (χ4n) is 2.55. The molecule has 1 saturated heterocycles. The van der Waals surface area contributed by atoms with E-state index in [0.717, 1.165) is 37.2 Å². The number of primary amides is 1. The Kier molecular flexibility index (Phi) is 3.74. The summed E-state index contributed by atoms with van der Waals surface area (Å²) in [5.74, 6) is -0.845. The molecule has 0 unspecified atom stereocenters. The number of carbonyl (C=O) groups excluding carboxylic acids is 2. The van der Waals surface area contributed by atoms with Gasteiger partial charge in [-0.3, -0.25) is 9.59 Å². The van der Waals surface area contributed by atoms with E-state index in [1.165, 1.54) is 0 Å². The number of nitrogens with one attached hydrogen (secondary N) is 1. The lowest BCUT2D eigenvalue weighted by Crippen LogP contribution is -2.26. The number of rotatable bonds is 3. The molecule has 0 aromatic heterocycles. The number of benzene rings is 1. The van der Waals surface area contributed by atoms with Crippen LogP contribution in [0, 0.1) is 6.92 Å². The Bertz CT molecular complexity index is 520. The van der Waals surface area contributed by atoms with E-state index in [2.05, 4.69) is 10.2 Å². The van der Waals surface area contributed by atoms with Gasteiger partial charge in [0, 0.05) is 25.8 Å². The lowest BCUT2D eigenvalue weighted by atomic mass is 9.99. The van der Waals surface area contributed by atoms with Crippen molar-refractivity contribution in [2.75, 3.05) is 25.0 Å². The molecule has 0 spiro atoms. The monoisotopic (exact) mass is 261 g/mol. The van der Waals surface area contributed by atoms with Crippen molar-refractivity contribution in [3.63, 3.8) is 0 Å². The summed E-state index contributed by atoms with van der Waals surface area (Å²) in [6, 6.07) is 3.67. The molecule has 102 valence electrons. The van der Waals surface area contributed by atoms with Gasteiger partial charge in [0.15, 0.2) is 0 Å². The highest BCUT2D eigenvalue weighted by Gasteiger charge is 2.21. The lowest BCUT2D eigenvalue weighted by molar-refractivity contribution is 0.0943. The summed E-state index contributed by atoms with van der Waals surface area (Å²) in [5.41, 5.74) is 7.82. The molecule has 3 N–H and O–H groups in total. The van der Waals surface area contributed by atoms with Gasteiger partial charge in [-0.15, -0.1) is 0 Å². The van der Waals surface area contributed by atoms with Crippen LogP contribution in [0.2, 0.25) is 0 Å². The third-order valence-electron chi connectivity index (χ3n) is 3.51. The van der Waals surface area contributed by atoms with E-state index >= 15 is 0 Å². The molecule has 0 atom stereocenters. The van der Waals surface area contributed by atoms with Crippen LogP contribution >= 0.6 is 0 Å². The second kappa shape index (κ2) is 5.30. The summed E-state index contributed by atoms with van der Waals surface area (Å²) in [5, 5.41) is 2.55. The smallest absolute Gasteiger partial charge is 0.252 e. The van der Waals surface area contributed by atoms with E-state index in [0.29, 0.717) is 11.1 Å². The second-order valence-electron chi connectivity index (χ2n) is 4.82. The summed E-state index contributed by atoms with van der Waals surface area (Å²) in [7, 11) is 1.54. The molecule has 2 rings (SSSR count). The predicted octanol–water partition coefficient (Wildman–Crippen LogP) is 1.05. The van der Waals surface area contributed by atoms with Gasteiger partial charge < -0.3 is 16.0 Å². The summed E-state index contributed by atoms with van der Waals surface area (Å²) >= 11 is 0. The summed E-state index contributed by atoms with van der Waals surface area (Å²) in [4.78, 5) is 25.7. The molecule has 5 heteroatoms. The maximum absolute atomic E-state index is 11.9. The van der Waals surface area contributed by atoms with E-state index in [9.17, 15) is 9.59 Å². The molecule has 0 saturated carbocycles. The van der Waals surface area contributed by atoms with Gasteiger partial charge in [0.2, 0.25) is 5.91 Å². The largest absolute Gasteiger partial charge is 0.372 e. The van der Waals surface area contributed by atoms with Crippen LogP contribution < -0.4 is 16.0 Å². The first-order valence-corrected chi connectivity index (χ1v) is 6.46. The van der Waals surface area contributed by atoms with Crippen LogP contribution in [-0.4, -0.2) is 32.0 Å². The average molecular weight is 261 g/mol. The zero-order valence-electron chi connectivity index (χ0n) is 11.3. The summed E-state index contributed by atoms with van der Waals surface area (Å²) in [6.07, 6.45) is 2.31. The number of amides is 2. The van der Waals surface area contributed by atoms with Gasteiger partial charge in [-0.1, -0.05) is 0 Å². The van der Waals surface area contributed by atoms with E-state index in [-0.39, 0.29) is 5.91 Å². The molecule has 19 heavy (non-hydrogen) atoms. The van der Waals surface area contributed by atoms with Crippen LogP contribution in [0.1, 0.15) is 39.1 Å². The Morgan fingerprint density at radius 2 is 1.89 bits per heavy atom. The molecule has 1 fully saturated rings. The number of hydrogen-bond acceptors (Lipinski definition) is 3. The number of nitrogens with zero attached hydrogens (tertiary/aromatic N) is 1. The van der Waals surface area contributed by atoms with Crippen LogP contribution in [0.3, 0.4) is 0 Å². The van der Waals surface area contributed by atoms with E-state index < -0.39 is 5.91 Å². The molecule has 0 aliphatic carbocycles. The standard InChI is InChI=1S/C14H19N3O2/c1-9-7-10(17-5-3-4-6-17)8-11(13(15)18)12(9)14(19)16-2/h7-8H,3-6H2,1-2H3,(H2,15,18)(H,16,19). The first-order chi connectivity index (χ1) is 9.04. The first kappa shape index (κ1) is 13.4. The van der Waals surface area contributed by atoms with Crippen molar-refractivity contribution in [1.82, 2.24) is 5.32 Å². The number of carbonyl (C=O) groups is 2. The first-order valence-electron chi connectivity index (χ1n) is 6.46. The van der Waals surface area contributed by atoms with Crippen molar-refractivity contribution in [3.05, 3.63) is 28.8 Å². The summed E-state index contributed by atoms with van der Waals surface area (Å²) < 4.78 is 0. The minimum Gasteiger partial charge on any atom is -0.372 e. The quantitative estimate of drug-likeness (QED) is 0.854. The highest BCUT2D eigenvalue weighted by Crippen LogP contribution is 2.26. The van der Waals surface area contributed by atoms with Gasteiger partial charge in [-0.05, 0) is 37.5 Å². The van der Waals surface area contributed by atoms with Crippen molar-refractivity contribution in [2.45, 2.75) is 19.8 Å². The van der Waals surface area contributed by atoms with Crippen LogP contribution in [0.15, 0.2) is 12.1 Å². The van der Waals surface area contributed by atoms with Gasteiger partial charge in [-0.2, -0.15) is 0 Å². The molecule has 5 nitrogen and oxygen atoms in total. The van der Waals surface area contributed by atoms with E-state index in [1.54, 1.807) is 13.1 Å². The highest BCUT2D eigenvalue weighted by molar-refractivity contribution is 6.08. The third kappa shape index (κ3) is 2.54. The zero-order valence-corrected chi connectivity index (χ0v) is 11.3. The molecule has 1 aliphatic heterocycles. The van der Waals surface area contributed by atoms with Crippen molar-refractivity contribution in [1.29, 1.82) is 0 Å². The molecular weight excluding hydrogens is 242 g/mol. The minimum atomic E-state index is -0.567. The van der Waals surface area contributed by atoms with Crippen LogP contribution in [-0.2, 0) is 0 Å². The van der Waals surface area contributed by atoms with Crippen molar-refractivity contribution in [3.8, 4) is 0 Å². The molecular formula is C14H19N3O2. The Labute approximate surface area is 112 Å². The Balaban J connectivity index is 2.51. The van der Waals surface area contributed by atoms with E-state index in [4.69, 9.17) is 5.73 Å². The van der Waals surface area contributed by atoms with Crippen molar-refractivity contribution in [2.24, 2.45) is 5.73 Å². The Morgan fingerprint density at radius 1 is 1.26 bits per heavy atom. The third-order valence-corrected chi connectivity index (χ3v) is 3.51. The van der Waals surface area contributed by atoms with Gasteiger partial charge in [0.1, 0.15) is 0 Å². The number of anilines is 1. The highest BCUT2D eigenvalue weighted by atomic mass is 16.2. The topological polar surface area (TPSA) is 75.4 Å². The van der Waals surface area contributed by atoms with Crippen molar-refractivity contribution >= 4 is 17.5 Å². The number of aryl methyl sites for hydroxylation is 1. The van der Waals surface area contributed by atoms with Crippen molar-refractivity contribution < 1.29 is 9.59 Å². The summed E-state index contributed by atoms with van der Waals surface area (Å²) in [6.45, 7) is 3.80. The fraction of sp³-hybridized carbons (Fsp3) is 0.429. The predicted molar refractivity (Wildman–Crippen MR) is 74.5 cm³/mol. The van der Waals surface area contributed by atoms with Gasteiger partial charge >= 0.3 is 0 Å². The zero-order chi connectivity index (χ0) is 14.0. The second-order valence-corrected chi connectivity index (χ2v) is 4.82. The maximum atomic E-state index is 11.9. The molecule has 1 aromatic carbocycles. The maximum Gasteiger partial charge on any atom is 0.252 e. The minimum absolute atomic E-state index is 0.278. The van der Waals surface area contributed by atoms with Gasteiger partial charge in [-0.25, -0.2) is 0 Å². The SMILES string of the molecule is CNC(=O)c1c(C)cc(N2CCCC2)cc1C(N)=O. The molecule has 0 radical (unpaired) electrons. The lowest BCUT2D eigenvalue weighted by Gasteiger charge is -2.20. The molecule has 1 aliphatic rings. The fourth-order valence-corrected chi connectivity index (χ4v) is 2.55. The van der Waals surface area contributed by atoms with Gasteiger partial charge in [0.25, 0.3) is 5.91 Å².